The van der Waals surface area contributed by atoms with Gasteiger partial charge < -0.3 is 9.64 Å². The lowest BCUT2D eigenvalue weighted by molar-refractivity contribution is -0.0797. The first-order valence-electron chi connectivity index (χ1n) is 8.24. The van der Waals surface area contributed by atoms with Crippen LogP contribution in [-0.2, 0) is 4.74 Å². The van der Waals surface area contributed by atoms with Gasteiger partial charge >= 0.3 is 6.09 Å². The predicted octanol–water partition coefficient (Wildman–Crippen LogP) is 2.80. The number of nitrogens with one attached hydrogen (secondary N) is 1. The average molecular weight is 304 g/mol. The maximum Gasteiger partial charge on any atom is 0.410 e. The number of hydrogen-bond acceptors (Lipinski definition) is 4. The van der Waals surface area contributed by atoms with E-state index in [2.05, 4.69) is 15.2 Å². The Morgan fingerprint density at radius 2 is 1.95 bits per heavy atom. The highest BCUT2D eigenvalue weighted by atomic mass is 16.6. The Hall–Kier alpha value is -1.59. The molecule has 1 aliphatic heterocycles. The molecule has 0 bridgehead atoms. The van der Waals surface area contributed by atoms with Gasteiger partial charge in [-0.3, -0.25) is 5.10 Å². The second kappa shape index (κ2) is 4.46. The first-order valence-corrected chi connectivity index (χ1v) is 8.24. The molecule has 1 amide bonds. The molecule has 0 radical (unpaired) electrons. The summed E-state index contributed by atoms with van der Waals surface area (Å²) in [5.41, 5.74) is -0.123. The summed E-state index contributed by atoms with van der Waals surface area (Å²) in [7, 11) is 0. The van der Waals surface area contributed by atoms with E-state index in [4.69, 9.17) is 4.74 Å². The molecule has 2 aliphatic carbocycles. The van der Waals surface area contributed by atoms with Crippen molar-refractivity contribution >= 4 is 6.09 Å². The average Bonchev–Trinajstić information content (AvgIpc) is 3.03. The smallest absolute Gasteiger partial charge is 0.410 e. The van der Waals surface area contributed by atoms with Crippen molar-refractivity contribution in [3.05, 3.63) is 11.6 Å². The molecule has 0 unspecified atom stereocenters. The summed E-state index contributed by atoms with van der Waals surface area (Å²) in [5, 5.41) is 7.47. The van der Waals surface area contributed by atoms with E-state index >= 15 is 0 Å². The third kappa shape index (κ3) is 2.48. The number of ether oxygens (including phenoxy) is 1. The van der Waals surface area contributed by atoms with Gasteiger partial charge in [0.15, 0.2) is 5.82 Å². The highest BCUT2D eigenvalue weighted by molar-refractivity contribution is 5.69. The molecule has 6 nitrogen and oxygen atoms in total. The molecular weight excluding hydrogens is 280 g/mol. The summed E-state index contributed by atoms with van der Waals surface area (Å²) in [6, 6.07) is 0. The van der Waals surface area contributed by atoms with Gasteiger partial charge in [0.05, 0.1) is 0 Å². The van der Waals surface area contributed by atoms with Crippen molar-refractivity contribution in [2.45, 2.75) is 63.9 Å². The Labute approximate surface area is 130 Å². The third-order valence-corrected chi connectivity index (χ3v) is 4.91. The van der Waals surface area contributed by atoms with Crippen LogP contribution < -0.4 is 0 Å². The Bertz CT molecular complexity index is 586. The summed E-state index contributed by atoms with van der Waals surface area (Å²) in [5.74, 6) is 3.13. The zero-order valence-corrected chi connectivity index (χ0v) is 13.6. The fourth-order valence-electron chi connectivity index (χ4n) is 3.66. The monoisotopic (exact) mass is 304 g/mol. The lowest BCUT2D eigenvalue weighted by atomic mass is 9.57. The molecule has 3 fully saturated rings. The minimum Gasteiger partial charge on any atom is -0.444 e. The van der Waals surface area contributed by atoms with Gasteiger partial charge in [0, 0.05) is 30.3 Å². The molecule has 3 aliphatic rings. The fraction of sp³-hybridized carbons (Fsp3) is 0.812. The van der Waals surface area contributed by atoms with Crippen LogP contribution in [0.2, 0.25) is 0 Å². The molecule has 0 atom stereocenters. The molecule has 1 saturated heterocycles. The van der Waals surface area contributed by atoms with Crippen molar-refractivity contribution in [1.29, 1.82) is 0 Å². The molecule has 6 heteroatoms. The van der Waals surface area contributed by atoms with Crippen molar-refractivity contribution in [2.24, 2.45) is 5.41 Å². The standard InChI is InChI=1S/C16H24N4O2/c1-15(2,3)22-14(21)20-8-16(9-20)6-11(7-16)13-17-12(18-19-13)10-4-5-10/h10-11H,4-9H2,1-3H3,(H,17,18,19). The number of aromatic amines is 1. The van der Waals surface area contributed by atoms with E-state index in [0.717, 1.165) is 37.6 Å². The van der Waals surface area contributed by atoms with E-state index < -0.39 is 5.60 Å². The molecule has 1 spiro atoms. The van der Waals surface area contributed by atoms with Gasteiger partial charge in [0.25, 0.3) is 0 Å². The molecule has 120 valence electrons. The Morgan fingerprint density at radius 3 is 2.55 bits per heavy atom. The van der Waals surface area contributed by atoms with Crippen LogP contribution in [0, 0.1) is 5.41 Å². The molecule has 2 heterocycles. The molecular formula is C16H24N4O2. The van der Waals surface area contributed by atoms with Gasteiger partial charge in [-0.15, -0.1) is 0 Å². The fourth-order valence-corrected chi connectivity index (χ4v) is 3.66. The Kier molecular flexibility index (Phi) is 2.84. The van der Waals surface area contributed by atoms with E-state index in [1.807, 2.05) is 25.7 Å². The highest BCUT2D eigenvalue weighted by Crippen LogP contribution is 2.55. The van der Waals surface area contributed by atoms with Gasteiger partial charge in [-0.25, -0.2) is 9.78 Å². The number of hydrogen-bond donors (Lipinski definition) is 1. The van der Waals surface area contributed by atoms with Gasteiger partial charge in [0.2, 0.25) is 0 Å². The minimum absolute atomic E-state index is 0.185. The maximum atomic E-state index is 12.0. The largest absolute Gasteiger partial charge is 0.444 e. The van der Waals surface area contributed by atoms with Crippen molar-refractivity contribution in [3.63, 3.8) is 0 Å². The molecule has 2 saturated carbocycles. The van der Waals surface area contributed by atoms with E-state index in [0.29, 0.717) is 17.3 Å². The third-order valence-electron chi connectivity index (χ3n) is 4.91. The molecule has 0 aromatic carbocycles. The quantitative estimate of drug-likeness (QED) is 0.912. The predicted molar refractivity (Wildman–Crippen MR) is 80.6 cm³/mol. The highest BCUT2D eigenvalue weighted by Gasteiger charge is 2.55. The van der Waals surface area contributed by atoms with Gasteiger partial charge in [0.1, 0.15) is 11.4 Å². The summed E-state index contributed by atoms with van der Waals surface area (Å²) < 4.78 is 5.41. The van der Waals surface area contributed by atoms with E-state index in [9.17, 15) is 4.79 Å². The summed E-state index contributed by atoms with van der Waals surface area (Å²) in [4.78, 5) is 18.4. The van der Waals surface area contributed by atoms with Crippen LogP contribution in [0.15, 0.2) is 0 Å². The number of amides is 1. The van der Waals surface area contributed by atoms with E-state index in [1.165, 1.54) is 12.8 Å². The number of carbonyl (C=O) groups is 1. The van der Waals surface area contributed by atoms with Crippen molar-refractivity contribution in [1.82, 2.24) is 20.1 Å². The molecule has 1 aromatic heterocycles. The summed E-state index contributed by atoms with van der Waals surface area (Å²) in [6.07, 6.45) is 4.49. The van der Waals surface area contributed by atoms with Crippen LogP contribution >= 0.6 is 0 Å². The van der Waals surface area contributed by atoms with Crippen molar-refractivity contribution in [2.75, 3.05) is 13.1 Å². The number of nitrogens with zero attached hydrogens (tertiary/aromatic N) is 3. The van der Waals surface area contributed by atoms with Crippen molar-refractivity contribution in [3.8, 4) is 0 Å². The molecule has 1 aromatic rings. The molecule has 22 heavy (non-hydrogen) atoms. The first kappa shape index (κ1) is 14.0. The molecule has 1 N–H and O–H groups in total. The van der Waals surface area contributed by atoms with E-state index in [1.54, 1.807) is 0 Å². The van der Waals surface area contributed by atoms with Crippen LogP contribution in [0.1, 0.15) is 69.9 Å². The Balaban J connectivity index is 1.28. The minimum atomic E-state index is -0.417. The number of carbonyl (C=O) groups excluding carboxylic acids is 1. The second-order valence-corrected chi connectivity index (χ2v) is 8.29. The van der Waals surface area contributed by atoms with Crippen molar-refractivity contribution < 1.29 is 9.53 Å². The van der Waals surface area contributed by atoms with Crippen LogP contribution in [0.3, 0.4) is 0 Å². The van der Waals surface area contributed by atoms with Gasteiger partial charge in [-0.1, -0.05) is 0 Å². The van der Waals surface area contributed by atoms with Crippen LogP contribution in [0.5, 0.6) is 0 Å². The topological polar surface area (TPSA) is 71.1 Å². The van der Waals surface area contributed by atoms with Gasteiger partial charge in [-0.05, 0) is 46.5 Å². The van der Waals surface area contributed by atoms with Crippen LogP contribution in [-0.4, -0.2) is 44.9 Å². The summed E-state index contributed by atoms with van der Waals surface area (Å²) in [6.45, 7) is 7.35. The zero-order valence-electron chi connectivity index (χ0n) is 13.6. The lowest BCUT2D eigenvalue weighted by Gasteiger charge is -2.58. The van der Waals surface area contributed by atoms with E-state index in [-0.39, 0.29) is 6.09 Å². The second-order valence-electron chi connectivity index (χ2n) is 8.29. The lowest BCUT2D eigenvalue weighted by Crippen LogP contribution is -2.63. The normalized spacial score (nSPS) is 24.0. The Morgan fingerprint density at radius 1 is 1.27 bits per heavy atom. The van der Waals surface area contributed by atoms with Crippen LogP contribution in [0.4, 0.5) is 4.79 Å². The number of aromatic nitrogens is 3. The SMILES string of the molecule is CC(C)(C)OC(=O)N1CC2(CC(c3n[nH]c(C4CC4)n3)C2)C1. The number of H-pyrrole nitrogens is 1. The molecule has 4 rings (SSSR count). The van der Waals surface area contributed by atoms with Gasteiger partial charge in [-0.2, -0.15) is 5.10 Å². The zero-order chi connectivity index (χ0) is 15.5. The maximum absolute atomic E-state index is 12.0. The summed E-state index contributed by atoms with van der Waals surface area (Å²) >= 11 is 0. The number of rotatable bonds is 2. The first-order chi connectivity index (χ1) is 10.3. The number of likely N-dealkylation sites (tertiary alicyclic amines) is 1. The van der Waals surface area contributed by atoms with Crippen LogP contribution in [0.25, 0.3) is 0 Å².